The number of cyclic esters (lactones) is 1. The third-order valence-electron chi connectivity index (χ3n) is 5.24. The lowest BCUT2D eigenvalue weighted by atomic mass is 9.67. The molecule has 2 aliphatic heterocycles. The lowest BCUT2D eigenvalue weighted by molar-refractivity contribution is -0.136. The number of ether oxygens (including phenoxy) is 1. The van der Waals surface area contributed by atoms with Crippen LogP contribution in [0.4, 0.5) is 0 Å². The van der Waals surface area contributed by atoms with Gasteiger partial charge in [0.2, 0.25) is 0 Å². The number of Topliss-reactive ketones (excluding diaryl/α,β-unsaturated/α-hetero) is 1. The van der Waals surface area contributed by atoms with Crippen LogP contribution in [0.15, 0.2) is 40.7 Å². The van der Waals surface area contributed by atoms with E-state index in [1.54, 1.807) is 18.2 Å². The number of ketones is 1. The van der Waals surface area contributed by atoms with Gasteiger partial charge in [-0.25, -0.2) is 4.79 Å². The van der Waals surface area contributed by atoms with Crippen molar-refractivity contribution in [2.75, 3.05) is 6.61 Å². The highest BCUT2D eigenvalue weighted by atomic mass is 35.5. The monoisotopic (exact) mass is 377 g/mol. The predicted octanol–water partition coefficient (Wildman–Crippen LogP) is 4.13. The summed E-state index contributed by atoms with van der Waals surface area (Å²) in [7, 11) is 0. The molecule has 1 aromatic rings. The number of hydrogen-bond acceptors (Lipinski definition) is 4. The van der Waals surface area contributed by atoms with Gasteiger partial charge >= 0.3 is 5.97 Å². The second-order valence-electron chi connectivity index (χ2n) is 7.27. The fourth-order valence-electron chi connectivity index (χ4n) is 3.84. The van der Waals surface area contributed by atoms with Crippen LogP contribution in [0.5, 0.6) is 0 Å². The number of carbonyl (C=O) groups is 2. The summed E-state index contributed by atoms with van der Waals surface area (Å²) < 4.78 is 5.23. The Bertz CT molecular complexity index is 862. The van der Waals surface area contributed by atoms with Gasteiger partial charge in [0.25, 0.3) is 0 Å². The highest BCUT2D eigenvalue weighted by molar-refractivity contribution is 6.36. The molecular weight excluding hydrogens is 361 g/mol. The molecule has 0 saturated heterocycles. The van der Waals surface area contributed by atoms with E-state index >= 15 is 0 Å². The van der Waals surface area contributed by atoms with Crippen LogP contribution in [-0.2, 0) is 14.3 Å². The van der Waals surface area contributed by atoms with Crippen molar-refractivity contribution in [3.63, 3.8) is 0 Å². The van der Waals surface area contributed by atoms with Crippen molar-refractivity contribution in [2.45, 2.75) is 32.6 Å². The predicted molar refractivity (Wildman–Crippen MR) is 95.4 cm³/mol. The van der Waals surface area contributed by atoms with E-state index in [9.17, 15) is 9.59 Å². The molecule has 0 spiro atoms. The summed E-state index contributed by atoms with van der Waals surface area (Å²) >= 11 is 12.9. The number of allylic oxidation sites excluding steroid dienone is 2. The number of esters is 1. The maximum absolute atomic E-state index is 13.2. The van der Waals surface area contributed by atoms with Gasteiger partial charge in [-0.1, -0.05) is 43.1 Å². The van der Waals surface area contributed by atoms with E-state index in [-0.39, 0.29) is 12.4 Å². The third kappa shape index (κ3) is 2.42. The average Bonchev–Trinajstić information content (AvgIpc) is 2.92. The largest absolute Gasteiger partial charge is 0.456 e. The molecule has 1 atom stereocenters. The van der Waals surface area contributed by atoms with E-state index in [4.69, 9.17) is 27.9 Å². The van der Waals surface area contributed by atoms with Gasteiger partial charge in [-0.05, 0) is 25.0 Å². The Hall–Kier alpha value is -1.78. The van der Waals surface area contributed by atoms with E-state index < -0.39 is 17.3 Å². The van der Waals surface area contributed by atoms with Gasteiger partial charge in [0.15, 0.2) is 5.78 Å². The smallest absolute Gasteiger partial charge is 0.337 e. The Labute approximate surface area is 155 Å². The normalized spacial score (nSPS) is 24.7. The summed E-state index contributed by atoms with van der Waals surface area (Å²) in [5, 5.41) is 4.14. The molecule has 3 aliphatic rings. The number of rotatable bonds is 1. The zero-order valence-electron chi connectivity index (χ0n) is 13.9. The molecule has 0 saturated carbocycles. The van der Waals surface area contributed by atoms with Crippen LogP contribution < -0.4 is 5.32 Å². The lowest BCUT2D eigenvalue weighted by Gasteiger charge is -2.38. The molecule has 0 amide bonds. The fourth-order valence-corrected chi connectivity index (χ4v) is 4.45. The van der Waals surface area contributed by atoms with Crippen LogP contribution in [0.25, 0.3) is 0 Å². The molecule has 4 nitrogen and oxygen atoms in total. The van der Waals surface area contributed by atoms with E-state index in [2.05, 4.69) is 5.32 Å². The molecule has 6 heteroatoms. The molecular formula is C19H17Cl2NO3. The zero-order valence-corrected chi connectivity index (χ0v) is 15.4. The Balaban J connectivity index is 1.98. The van der Waals surface area contributed by atoms with Crippen molar-refractivity contribution in [2.24, 2.45) is 5.41 Å². The fraction of sp³-hybridized carbons (Fsp3) is 0.368. The van der Waals surface area contributed by atoms with Crippen molar-refractivity contribution >= 4 is 35.0 Å². The summed E-state index contributed by atoms with van der Waals surface area (Å²) in [5.74, 6) is -0.991. The van der Waals surface area contributed by atoms with E-state index in [0.29, 0.717) is 32.5 Å². The second kappa shape index (κ2) is 5.61. The van der Waals surface area contributed by atoms with Crippen molar-refractivity contribution < 1.29 is 14.3 Å². The molecule has 1 aromatic carbocycles. The molecule has 0 bridgehead atoms. The first kappa shape index (κ1) is 16.7. The molecule has 0 radical (unpaired) electrons. The minimum atomic E-state index is -0.588. The summed E-state index contributed by atoms with van der Waals surface area (Å²) in [6, 6.07) is 5.20. The highest BCUT2D eigenvalue weighted by Gasteiger charge is 2.48. The maximum Gasteiger partial charge on any atom is 0.337 e. The number of nitrogens with one attached hydrogen (secondary N) is 1. The standard InChI is InChI=1S/C19H17Cl2NO3/c1-19(2)7-6-11-14(17(19)23)16(13-9(20)4-3-5-10(13)21)15-12(22-11)8-25-18(15)24/h3-5,16,22H,6-8H2,1-2H3. The van der Waals surface area contributed by atoms with Gasteiger partial charge in [-0.2, -0.15) is 0 Å². The third-order valence-corrected chi connectivity index (χ3v) is 5.90. The number of benzene rings is 1. The van der Waals surface area contributed by atoms with E-state index in [0.717, 1.165) is 18.5 Å². The van der Waals surface area contributed by atoms with Gasteiger partial charge in [0, 0.05) is 32.3 Å². The number of hydrogen-bond donors (Lipinski definition) is 1. The van der Waals surface area contributed by atoms with Crippen molar-refractivity contribution in [3.8, 4) is 0 Å². The molecule has 1 aliphatic carbocycles. The zero-order chi connectivity index (χ0) is 17.9. The highest BCUT2D eigenvalue weighted by Crippen LogP contribution is 2.50. The number of carbonyl (C=O) groups excluding carboxylic acids is 2. The molecule has 2 heterocycles. The minimum absolute atomic E-state index is 0.0217. The molecule has 1 unspecified atom stereocenters. The Kier molecular flexibility index (Phi) is 3.74. The quantitative estimate of drug-likeness (QED) is 0.747. The Morgan fingerprint density at radius 2 is 1.80 bits per heavy atom. The lowest BCUT2D eigenvalue weighted by Crippen LogP contribution is -2.39. The van der Waals surface area contributed by atoms with E-state index in [1.807, 2.05) is 13.8 Å². The van der Waals surface area contributed by atoms with Gasteiger partial charge in [0.1, 0.15) is 6.61 Å². The SMILES string of the molecule is CC1(C)CCC2=C(C1=O)C(c1c(Cl)cccc1Cl)C1=C(COC1=O)N2. The topological polar surface area (TPSA) is 55.4 Å². The number of dihydropyridines is 1. The van der Waals surface area contributed by atoms with Crippen LogP contribution in [0.2, 0.25) is 10.0 Å². The second-order valence-corrected chi connectivity index (χ2v) is 8.08. The molecule has 0 fully saturated rings. The van der Waals surface area contributed by atoms with Crippen LogP contribution in [0.3, 0.4) is 0 Å². The van der Waals surface area contributed by atoms with Crippen LogP contribution in [-0.4, -0.2) is 18.4 Å². The number of halogens is 2. The average molecular weight is 378 g/mol. The van der Waals surface area contributed by atoms with Crippen LogP contribution in [0, 0.1) is 5.41 Å². The molecule has 4 rings (SSSR count). The Morgan fingerprint density at radius 1 is 1.12 bits per heavy atom. The van der Waals surface area contributed by atoms with Gasteiger partial charge in [0.05, 0.1) is 17.2 Å². The summed E-state index contributed by atoms with van der Waals surface area (Å²) in [6.45, 7) is 4.05. The summed E-state index contributed by atoms with van der Waals surface area (Å²) in [4.78, 5) is 25.6. The molecule has 1 N–H and O–H groups in total. The molecule has 0 aromatic heterocycles. The van der Waals surface area contributed by atoms with Gasteiger partial charge < -0.3 is 10.1 Å². The van der Waals surface area contributed by atoms with Gasteiger partial charge in [-0.3, -0.25) is 4.79 Å². The van der Waals surface area contributed by atoms with Gasteiger partial charge in [-0.15, -0.1) is 0 Å². The summed E-state index contributed by atoms with van der Waals surface area (Å²) in [5.41, 5.74) is 2.69. The van der Waals surface area contributed by atoms with Crippen LogP contribution in [0.1, 0.15) is 38.2 Å². The van der Waals surface area contributed by atoms with Crippen molar-refractivity contribution in [1.82, 2.24) is 5.32 Å². The first-order valence-electron chi connectivity index (χ1n) is 8.20. The minimum Gasteiger partial charge on any atom is -0.456 e. The van der Waals surface area contributed by atoms with E-state index in [1.165, 1.54) is 0 Å². The summed E-state index contributed by atoms with van der Waals surface area (Å²) in [6.07, 6.45) is 1.48. The van der Waals surface area contributed by atoms with Crippen LogP contribution >= 0.6 is 23.2 Å². The van der Waals surface area contributed by atoms with Crippen molar-refractivity contribution in [3.05, 3.63) is 56.3 Å². The first-order chi connectivity index (χ1) is 11.8. The Morgan fingerprint density at radius 3 is 2.48 bits per heavy atom. The first-order valence-corrected chi connectivity index (χ1v) is 8.96. The molecule has 130 valence electrons. The molecule has 25 heavy (non-hydrogen) atoms. The van der Waals surface area contributed by atoms with Crippen molar-refractivity contribution in [1.29, 1.82) is 0 Å². The maximum atomic E-state index is 13.2.